The fraction of sp³-hybridized carbons (Fsp3) is 0.286. The zero-order chi connectivity index (χ0) is 6.53. The smallest absolute Gasteiger partial charge is 0.0541 e. The third kappa shape index (κ3) is 1.82. The summed E-state index contributed by atoms with van der Waals surface area (Å²) in [4.78, 5) is 4.11. The molecule has 1 aromatic rings. The minimum atomic E-state index is 0. The number of hydrogen-bond donors (Lipinski definition) is 1. The number of nitrogens with one attached hydrogen (secondary N) is 1. The van der Waals surface area contributed by atoms with Gasteiger partial charge in [-0.05, 0) is 19.2 Å². The van der Waals surface area contributed by atoms with Crippen LogP contribution in [0.2, 0.25) is 0 Å². The van der Waals surface area contributed by atoms with Crippen molar-refractivity contribution in [1.29, 1.82) is 0 Å². The van der Waals surface area contributed by atoms with Crippen molar-refractivity contribution in [1.82, 2.24) is 10.3 Å². The fourth-order valence-corrected chi connectivity index (χ4v) is 0.684. The summed E-state index contributed by atoms with van der Waals surface area (Å²) in [5.41, 5.74) is 1.08. The van der Waals surface area contributed by atoms with E-state index in [-0.39, 0.29) is 1.43 Å². The molecule has 9 heavy (non-hydrogen) atoms. The third-order valence-electron chi connectivity index (χ3n) is 1.08. The second kappa shape index (κ2) is 3.20. The summed E-state index contributed by atoms with van der Waals surface area (Å²) in [5, 5.41) is 3.02. The van der Waals surface area contributed by atoms with E-state index in [9.17, 15) is 0 Å². The third-order valence-corrected chi connectivity index (χ3v) is 1.08. The Morgan fingerprint density at radius 2 is 2.56 bits per heavy atom. The van der Waals surface area contributed by atoms with E-state index in [4.69, 9.17) is 0 Å². The van der Waals surface area contributed by atoms with Crippen LogP contribution in [0, 0.1) is 0 Å². The molecule has 0 saturated heterocycles. The predicted octanol–water partition coefficient (Wildman–Crippen LogP) is 1.05. The summed E-state index contributed by atoms with van der Waals surface area (Å²) in [5.74, 6) is 0. The first kappa shape index (κ1) is 6.23. The molecule has 0 radical (unpaired) electrons. The second-order valence-corrected chi connectivity index (χ2v) is 1.85. The van der Waals surface area contributed by atoms with Gasteiger partial charge in [0, 0.05) is 14.2 Å². The van der Waals surface area contributed by atoms with Crippen molar-refractivity contribution in [3.05, 3.63) is 30.1 Å². The van der Waals surface area contributed by atoms with Gasteiger partial charge >= 0.3 is 0 Å². The molecule has 2 nitrogen and oxygen atoms in total. The van der Waals surface area contributed by atoms with Crippen LogP contribution in [0.5, 0.6) is 0 Å². The summed E-state index contributed by atoms with van der Waals surface area (Å²) < 4.78 is 0. The molecule has 0 fully saturated rings. The Morgan fingerprint density at radius 3 is 3.11 bits per heavy atom. The van der Waals surface area contributed by atoms with Crippen molar-refractivity contribution in [2.24, 2.45) is 0 Å². The van der Waals surface area contributed by atoms with Gasteiger partial charge in [0.25, 0.3) is 0 Å². The van der Waals surface area contributed by atoms with Crippen molar-refractivity contribution in [2.75, 3.05) is 7.05 Å². The van der Waals surface area contributed by atoms with Gasteiger partial charge in [-0.25, -0.2) is 0 Å². The van der Waals surface area contributed by atoms with Crippen LogP contribution in [0.15, 0.2) is 24.4 Å². The highest BCUT2D eigenvalue weighted by Gasteiger charge is 1.85. The largest absolute Gasteiger partial charge is 0.314 e. The van der Waals surface area contributed by atoms with Crippen LogP contribution in [0.1, 0.15) is 7.12 Å². The Kier molecular flexibility index (Phi) is 2.22. The molecule has 0 saturated carbocycles. The first-order valence-electron chi connectivity index (χ1n) is 2.98. The topological polar surface area (TPSA) is 24.9 Å². The van der Waals surface area contributed by atoms with Crippen LogP contribution in [0.25, 0.3) is 0 Å². The van der Waals surface area contributed by atoms with Gasteiger partial charge in [-0.3, -0.25) is 4.98 Å². The van der Waals surface area contributed by atoms with Gasteiger partial charge < -0.3 is 5.32 Å². The lowest BCUT2D eigenvalue weighted by Gasteiger charge is -1.94. The SMILES string of the molecule is CNCc1ccccn1.[HH]. The molecule has 1 rings (SSSR count). The molecule has 0 aliphatic carbocycles. The maximum atomic E-state index is 4.11. The van der Waals surface area contributed by atoms with Crippen molar-refractivity contribution in [2.45, 2.75) is 6.54 Å². The lowest BCUT2D eigenvalue weighted by molar-refractivity contribution is 0.791. The van der Waals surface area contributed by atoms with E-state index in [0.717, 1.165) is 12.2 Å². The highest BCUT2D eigenvalue weighted by Crippen LogP contribution is 1.89. The normalized spacial score (nSPS) is 9.44. The summed E-state index contributed by atoms with van der Waals surface area (Å²) in [6.45, 7) is 0.848. The van der Waals surface area contributed by atoms with Crippen molar-refractivity contribution >= 4 is 0 Å². The van der Waals surface area contributed by atoms with Crippen LogP contribution in [0.3, 0.4) is 0 Å². The molecule has 0 atom stereocenters. The zero-order valence-electron chi connectivity index (χ0n) is 5.46. The standard InChI is InChI=1S/C7H10N2.H2/c1-8-6-7-4-2-3-5-9-7;/h2-5,8H,6H2,1H3;1H. The highest BCUT2D eigenvalue weighted by molar-refractivity contribution is 5.02. The van der Waals surface area contributed by atoms with E-state index in [1.807, 2.05) is 25.2 Å². The number of hydrogen-bond acceptors (Lipinski definition) is 2. The fourth-order valence-electron chi connectivity index (χ4n) is 0.684. The molecule has 0 spiro atoms. The summed E-state index contributed by atoms with van der Waals surface area (Å²) >= 11 is 0. The van der Waals surface area contributed by atoms with Crippen LogP contribution in [-0.2, 0) is 6.54 Å². The first-order chi connectivity index (χ1) is 4.43. The van der Waals surface area contributed by atoms with Gasteiger partial charge in [0.2, 0.25) is 0 Å². The quantitative estimate of drug-likeness (QED) is 0.637. The van der Waals surface area contributed by atoms with E-state index >= 15 is 0 Å². The van der Waals surface area contributed by atoms with Gasteiger partial charge in [0.1, 0.15) is 0 Å². The van der Waals surface area contributed by atoms with Crippen LogP contribution < -0.4 is 5.32 Å². The summed E-state index contributed by atoms with van der Waals surface area (Å²) in [6, 6.07) is 5.90. The molecule has 50 valence electrons. The molecule has 0 aliphatic heterocycles. The Hall–Kier alpha value is -0.890. The minimum absolute atomic E-state index is 0. The molecule has 2 heteroatoms. The lowest BCUT2D eigenvalue weighted by Crippen LogP contribution is -2.05. The minimum Gasteiger partial charge on any atom is -0.314 e. The number of rotatable bonds is 2. The molecule has 0 aliphatic rings. The Balaban J connectivity index is 0.000000810. The maximum absolute atomic E-state index is 4.11. The maximum Gasteiger partial charge on any atom is 0.0541 e. The predicted molar refractivity (Wildman–Crippen MR) is 39.1 cm³/mol. The van der Waals surface area contributed by atoms with E-state index in [0.29, 0.717) is 0 Å². The average Bonchev–Trinajstić information content (AvgIpc) is 1.91. The molecule has 0 bridgehead atoms. The zero-order valence-corrected chi connectivity index (χ0v) is 5.46. The number of pyridine rings is 1. The average molecular weight is 124 g/mol. The molecular formula is C7H12N2. The number of nitrogens with zero attached hydrogens (tertiary/aromatic N) is 1. The Morgan fingerprint density at radius 1 is 1.67 bits per heavy atom. The van der Waals surface area contributed by atoms with E-state index < -0.39 is 0 Å². The van der Waals surface area contributed by atoms with Crippen LogP contribution in [-0.4, -0.2) is 12.0 Å². The summed E-state index contributed by atoms with van der Waals surface area (Å²) in [7, 11) is 1.91. The van der Waals surface area contributed by atoms with E-state index in [1.54, 1.807) is 6.20 Å². The molecule has 0 amide bonds. The lowest BCUT2D eigenvalue weighted by atomic mass is 10.3. The number of aromatic nitrogens is 1. The van der Waals surface area contributed by atoms with E-state index in [2.05, 4.69) is 10.3 Å². The van der Waals surface area contributed by atoms with Crippen LogP contribution >= 0.6 is 0 Å². The Bertz CT molecular complexity index is 165. The van der Waals surface area contributed by atoms with E-state index in [1.165, 1.54) is 0 Å². The highest BCUT2D eigenvalue weighted by atomic mass is 14.8. The van der Waals surface area contributed by atoms with Crippen LogP contribution in [0.4, 0.5) is 0 Å². The second-order valence-electron chi connectivity index (χ2n) is 1.85. The molecule has 1 N–H and O–H groups in total. The van der Waals surface area contributed by atoms with Gasteiger partial charge in [0.05, 0.1) is 5.69 Å². The first-order valence-corrected chi connectivity index (χ1v) is 2.98. The summed E-state index contributed by atoms with van der Waals surface area (Å²) in [6.07, 6.45) is 1.80. The van der Waals surface area contributed by atoms with Gasteiger partial charge in [-0.15, -0.1) is 0 Å². The molecule has 1 heterocycles. The molecule has 1 aromatic heterocycles. The Labute approximate surface area is 56.4 Å². The van der Waals surface area contributed by atoms with Gasteiger partial charge in [-0.1, -0.05) is 6.07 Å². The van der Waals surface area contributed by atoms with Crippen molar-refractivity contribution < 1.29 is 1.43 Å². The molecule has 0 unspecified atom stereocenters. The van der Waals surface area contributed by atoms with Gasteiger partial charge in [0.15, 0.2) is 0 Å². The molecular weight excluding hydrogens is 112 g/mol. The van der Waals surface area contributed by atoms with Crippen molar-refractivity contribution in [3.63, 3.8) is 0 Å². The van der Waals surface area contributed by atoms with Crippen molar-refractivity contribution in [3.8, 4) is 0 Å². The molecule has 0 aromatic carbocycles. The monoisotopic (exact) mass is 124 g/mol. The van der Waals surface area contributed by atoms with Gasteiger partial charge in [-0.2, -0.15) is 0 Å².